The SMILES string of the molecule is COc1cc(C(C)(C)c2ccccc2)cc(OC)c1O. The highest BCUT2D eigenvalue weighted by Gasteiger charge is 2.26. The van der Waals surface area contributed by atoms with E-state index in [1.54, 1.807) is 0 Å². The highest BCUT2D eigenvalue weighted by Crippen LogP contribution is 2.42. The summed E-state index contributed by atoms with van der Waals surface area (Å²) in [5.74, 6) is 0.870. The Bertz CT molecular complexity index is 563. The van der Waals surface area contributed by atoms with Gasteiger partial charge in [-0.3, -0.25) is 0 Å². The number of hydrogen-bond donors (Lipinski definition) is 1. The van der Waals surface area contributed by atoms with Gasteiger partial charge in [-0.2, -0.15) is 0 Å². The number of methoxy groups -OCH3 is 2. The van der Waals surface area contributed by atoms with Crippen molar-refractivity contribution in [3.63, 3.8) is 0 Å². The molecule has 2 rings (SSSR count). The zero-order valence-electron chi connectivity index (χ0n) is 12.3. The van der Waals surface area contributed by atoms with Crippen molar-refractivity contribution >= 4 is 0 Å². The third kappa shape index (κ3) is 2.44. The van der Waals surface area contributed by atoms with Gasteiger partial charge in [0.2, 0.25) is 5.75 Å². The van der Waals surface area contributed by atoms with Gasteiger partial charge in [0.15, 0.2) is 11.5 Å². The van der Waals surface area contributed by atoms with Gasteiger partial charge in [-0.05, 0) is 23.3 Å². The first-order valence-corrected chi connectivity index (χ1v) is 6.51. The van der Waals surface area contributed by atoms with Gasteiger partial charge in [-0.25, -0.2) is 0 Å². The Morgan fingerprint density at radius 1 is 0.850 bits per heavy atom. The zero-order valence-corrected chi connectivity index (χ0v) is 12.3. The number of benzene rings is 2. The molecule has 0 atom stereocenters. The first-order chi connectivity index (χ1) is 9.50. The van der Waals surface area contributed by atoms with E-state index in [0.717, 1.165) is 5.56 Å². The van der Waals surface area contributed by atoms with Gasteiger partial charge < -0.3 is 14.6 Å². The zero-order chi connectivity index (χ0) is 14.8. The summed E-state index contributed by atoms with van der Waals surface area (Å²) in [5.41, 5.74) is 2.00. The van der Waals surface area contributed by atoms with E-state index >= 15 is 0 Å². The van der Waals surface area contributed by atoms with E-state index in [9.17, 15) is 5.11 Å². The fraction of sp³-hybridized carbons (Fsp3) is 0.294. The minimum Gasteiger partial charge on any atom is -0.502 e. The minimum atomic E-state index is -0.213. The van der Waals surface area contributed by atoms with Crippen molar-refractivity contribution < 1.29 is 14.6 Å². The Balaban J connectivity index is 2.57. The monoisotopic (exact) mass is 272 g/mol. The summed E-state index contributed by atoms with van der Waals surface area (Å²) in [5, 5.41) is 10.00. The summed E-state index contributed by atoms with van der Waals surface area (Å²) in [6, 6.07) is 13.9. The number of phenolic OH excluding ortho intramolecular Hbond substituents is 1. The molecule has 0 amide bonds. The molecule has 0 radical (unpaired) electrons. The van der Waals surface area contributed by atoms with Crippen LogP contribution in [0.4, 0.5) is 0 Å². The molecule has 0 aliphatic rings. The van der Waals surface area contributed by atoms with Crippen molar-refractivity contribution in [3.05, 3.63) is 53.6 Å². The molecule has 2 aromatic rings. The van der Waals surface area contributed by atoms with E-state index < -0.39 is 0 Å². The molecule has 0 heterocycles. The second kappa shape index (κ2) is 5.45. The number of aromatic hydroxyl groups is 1. The Hall–Kier alpha value is -2.16. The van der Waals surface area contributed by atoms with E-state index in [1.807, 2.05) is 30.3 Å². The van der Waals surface area contributed by atoms with Crippen LogP contribution in [0.15, 0.2) is 42.5 Å². The molecule has 0 saturated heterocycles. The Labute approximate surface area is 119 Å². The fourth-order valence-corrected chi connectivity index (χ4v) is 2.28. The largest absolute Gasteiger partial charge is 0.502 e. The van der Waals surface area contributed by atoms with Crippen molar-refractivity contribution in [2.75, 3.05) is 14.2 Å². The van der Waals surface area contributed by atoms with Crippen molar-refractivity contribution in [2.45, 2.75) is 19.3 Å². The average molecular weight is 272 g/mol. The summed E-state index contributed by atoms with van der Waals surface area (Å²) in [6.07, 6.45) is 0. The summed E-state index contributed by atoms with van der Waals surface area (Å²) in [6.45, 7) is 4.27. The molecule has 0 unspecified atom stereocenters. The Morgan fingerprint density at radius 3 is 1.80 bits per heavy atom. The van der Waals surface area contributed by atoms with Gasteiger partial charge in [0.05, 0.1) is 14.2 Å². The lowest BCUT2D eigenvalue weighted by molar-refractivity contribution is 0.338. The Kier molecular flexibility index (Phi) is 3.89. The van der Waals surface area contributed by atoms with E-state index in [2.05, 4.69) is 26.0 Å². The maximum absolute atomic E-state index is 10.00. The predicted octanol–water partition coefficient (Wildman–Crippen LogP) is 3.74. The highest BCUT2D eigenvalue weighted by atomic mass is 16.5. The van der Waals surface area contributed by atoms with E-state index in [1.165, 1.54) is 19.8 Å². The first kappa shape index (κ1) is 14.3. The number of phenols is 1. The van der Waals surface area contributed by atoms with Gasteiger partial charge in [-0.1, -0.05) is 44.2 Å². The Morgan fingerprint density at radius 2 is 1.35 bits per heavy atom. The summed E-state index contributed by atoms with van der Waals surface area (Å²) < 4.78 is 10.5. The number of ether oxygens (including phenoxy) is 2. The van der Waals surface area contributed by atoms with Crippen molar-refractivity contribution in [1.29, 1.82) is 0 Å². The maximum Gasteiger partial charge on any atom is 0.200 e. The molecule has 3 heteroatoms. The molecule has 0 aromatic heterocycles. The lowest BCUT2D eigenvalue weighted by Gasteiger charge is -2.27. The van der Waals surface area contributed by atoms with Gasteiger partial charge in [0, 0.05) is 5.41 Å². The predicted molar refractivity (Wildman–Crippen MR) is 79.8 cm³/mol. The van der Waals surface area contributed by atoms with Crippen LogP contribution >= 0.6 is 0 Å². The van der Waals surface area contributed by atoms with Crippen molar-refractivity contribution in [1.82, 2.24) is 0 Å². The maximum atomic E-state index is 10.00. The van der Waals surface area contributed by atoms with Crippen molar-refractivity contribution in [3.8, 4) is 17.2 Å². The summed E-state index contributed by atoms with van der Waals surface area (Å²) >= 11 is 0. The van der Waals surface area contributed by atoms with Gasteiger partial charge in [0.1, 0.15) is 0 Å². The number of hydrogen-bond acceptors (Lipinski definition) is 3. The van der Waals surface area contributed by atoms with Crippen LogP contribution in [0, 0.1) is 0 Å². The van der Waals surface area contributed by atoms with Gasteiger partial charge in [0.25, 0.3) is 0 Å². The van der Waals surface area contributed by atoms with Crippen LogP contribution in [0.3, 0.4) is 0 Å². The summed E-state index contributed by atoms with van der Waals surface area (Å²) in [4.78, 5) is 0. The normalized spacial score (nSPS) is 11.2. The highest BCUT2D eigenvalue weighted by molar-refractivity contribution is 5.55. The molecule has 20 heavy (non-hydrogen) atoms. The first-order valence-electron chi connectivity index (χ1n) is 6.51. The quantitative estimate of drug-likeness (QED) is 0.921. The smallest absolute Gasteiger partial charge is 0.200 e. The molecule has 0 saturated carbocycles. The lowest BCUT2D eigenvalue weighted by atomic mass is 9.78. The average Bonchev–Trinajstić information content (AvgIpc) is 2.48. The van der Waals surface area contributed by atoms with Gasteiger partial charge in [-0.15, -0.1) is 0 Å². The van der Waals surface area contributed by atoms with Crippen LogP contribution in [0.1, 0.15) is 25.0 Å². The molecule has 1 N–H and O–H groups in total. The molecule has 0 fully saturated rings. The molecular formula is C17H20O3. The van der Waals surface area contributed by atoms with Crippen LogP contribution < -0.4 is 9.47 Å². The fourth-order valence-electron chi connectivity index (χ4n) is 2.28. The molecule has 0 aliphatic heterocycles. The molecule has 2 aromatic carbocycles. The molecule has 106 valence electrons. The molecular weight excluding hydrogens is 252 g/mol. The van der Waals surface area contributed by atoms with Crippen molar-refractivity contribution in [2.24, 2.45) is 0 Å². The second-order valence-corrected chi connectivity index (χ2v) is 5.22. The van der Waals surface area contributed by atoms with E-state index in [0.29, 0.717) is 11.5 Å². The third-order valence-corrected chi connectivity index (χ3v) is 3.70. The second-order valence-electron chi connectivity index (χ2n) is 5.22. The standard InChI is InChI=1S/C17H20O3/c1-17(2,12-8-6-5-7-9-12)13-10-14(19-3)16(18)15(11-13)20-4/h5-11,18H,1-4H3. The lowest BCUT2D eigenvalue weighted by Crippen LogP contribution is -2.19. The van der Waals surface area contributed by atoms with E-state index in [-0.39, 0.29) is 11.2 Å². The molecule has 3 nitrogen and oxygen atoms in total. The third-order valence-electron chi connectivity index (χ3n) is 3.70. The molecule has 0 aliphatic carbocycles. The van der Waals surface area contributed by atoms with E-state index in [4.69, 9.17) is 9.47 Å². The van der Waals surface area contributed by atoms with Crippen LogP contribution in [-0.2, 0) is 5.41 Å². The van der Waals surface area contributed by atoms with Gasteiger partial charge >= 0.3 is 0 Å². The van der Waals surface area contributed by atoms with Crippen LogP contribution in [0.5, 0.6) is 17.2 Å². The van der Waals surface area contributed by atoms with Crippen LogP contribution in [-0.4, -0.2) is 19.3 Å². The number of rotatable bonds is 4. The minimum absolute atomic E-state index is 0.0302. The van der Waals surface area contributed by atoms with Crippen LogP contribution in [0.2, 0.25) is 0 Å². The molecule has 0 bridgehead atoms. The van der Waals surface area contributed by atoms with Crippen LogP contribution in [0.25, 0.3) is 0 Å². The molecule has 0 spiro atoms. The summed E-state index contributed by atoms with van der Waals surface area (Å²) in [7, 11) is 3.07. The topological polar surface area (TPSA) is 38.7 Å².